The molecule has 164 valence electrons. The number of para-hydroxylation sites is 1. The van der Waals surface area contributed by atoms with E-state index in [0.717, 1.165) is 56.3 Å². The van der Waals surface area contributed by atoms with Crippen LogP contribution in [0.5, 0.6) is 0 Å². The summed E-state index contributed by atoms with van der Waals surface area (Å²) in [6.45, 7) is 6.64. The van der Waals surface area contributed by atoms with E-state index < -0.39 is 0 Å². The van der Waals surface area contributed by atoms with Crippen molar-refractivity contribution in [3.63, 3.8) is 0 Å². The van der Waals surface area contributed by atoms with Crippen LogP contribution in [-0.2, 0) is 12.8 Å². The van der Waals surface area contributed by atoms with Crippen molar-refractivity contribution in [2.45, 2.75) is 33.1 Å². The molecule has 7 nitrogen and oxygen atoms in total. The van der Waals surface area contributed by atoms with Gasteiger partial charge in [-0.05, 0) is 49.9 Å². The van der Waals surface area contributed by atoms with E-state index in [2.05, 4.69) is 64.1 Å². The Bertz CT molecular complexity index is 1150. The lowest BCUT2D eigenvalue weighted by atomic mass is 10.1. The van der Waals surface area contributed by atoms with Gasteiger partial charge in [-0.1, -0.05) is 24.3 Å². The van der Waals surface area contributed by atoms with Crippen molar-refractivity contribution in [2.24, 2.45) is 4.99 Å². The average molecular weight is 531 g/mol. The van der Waals surface area contributed by atoms with Crippen LogP contribution in [0.4, 0.5) is 0 Å². The zero-order valence-corrected chi connectivity index (χ0v) is 20.4. The van der Waals surface area contributed by atoms with Crippen LogP contribution in [0.15, 0.2) is 53.8 Å². The van der Waals surface area contributed by atoms with Crippen molar-refractivity contribution in [1.29, 1.82) is 0 Å². The minimum absolute atomic E-state index is 0. The van der Waals surface area contributed by atoms with E-state index in [4.69, 9.17) is 4.99 Å². The molecule has 0 spiro atoms. The predicted molar refractivity (Wildman–Crippen MR) is 137 cm³/mol. The molecule has 0 unspecified atom stereocenters. The number of aryl methyl sites for hydroxylation is 2. The normalized spacial score (nSPS) is 11.6. The highest BCUT2D eigenvalue weighted by Crippen LogP contribution is 2.21. The molecule has 4 aromatic rings. The smallest absolute Gasteiger partial charge is 0.191 e. The first kappa shape index (κ1) is 23.1. The van der Waals surface area contributed by atoms with Crippen molar-refractivity contribution in [3.8, 4) is 0 Å². The van der Waals surface area contributed by atoms with Crippen molar-refractivity contribution < 1.29 is 0 Å². The molecule has 3 N–H and O–H groups in total. The van der Waals surface area contributed by atoms with Gasteiger partial charge in [0.2, 0.25) is 0 Å². The van der Waals surface area contributed by atoms with Gasteiger partial charge >= 0.3 is 0 Å². The summed E-state index contributed by atoms with van der Waals surface area (Å²) in [7, 11) is 0. The van der Waals surface area contributed by atoms with Crippen LogP contribution in [0.1, 0.15) is 30.3 Å². The molecule has 0 aliphatic heterocycles. The minimum atomic E-state index is 0. The van der Waals surface area contributed by atoms with Crippen LogP contribution in [0.3, 0.4) is 0 Å². The Kier molecular flexibility index (Phi) is 8.27. The molecule has 0 fully saturated rings. The van der Waals surface area contributed by atoms with Crippen LogP contribution in [-0.4, -0.2) is 45.2 Å². The van der Waals surface area contributed by atoms with Gasteiger partial charge < -0.3 is 15.6 Å². The van der Waals surface area contributed by atoms with E-state index in [1.807, 2.05) is 28.8 Å². The van der Waals surface area contributed by atoms with Crippen LogP contribution in [0.25, 0.3) is 16.6 Å². The third kappa shape index (κ3) is 5.55. The van der Waals surface area contributed by atoms with Gasteiger partial charge in [-0.3, -0.25) is 9.39 Å². The van der Waals surface area contributed by atoms with Crippen molar-refractivity contribution in [2.75, 3.05) is 19.6 Å². The number of H-pyrrole nitrogens is 1. The lowest BCUT2D eigenvalue weighted by Crippen LogP contribution is -2.38. The SMILES string of the molecule is CCNC(=NCCCc1nnc2ccccn12)NCCc1c[nH]c2c(C)cccc12.I. The predicted octanol–water partition coefficient (Wildman–Crippen LogP) is 3.87. The Morgan fingerprint density at radius 3 is 2.87 bits per heavy atom. The maximum atomic E-state index is 4.72. The number of halogens is 1. The maximum Gasteiger partial charge on any atom is 0.191 e. The number of rotatable bonds is 8. The summed E-state index contributed by atoms with van der Waals surface area (Å²) in [5.74, 6) is 1.84. The summed E-state index contributed by atoms with van der Waals surface area (Å²) in [6.07, 6.45) is 6.84. The van der Waals surface area contributed by atoms with E-state index in [1.54, 1.807) is 0 Å². The number of aromatic amines is 1. The highest BCUT2D eigenvalue weighted by Gasteiger charge is 2.06. The second-order valence-electron chi connectivity index (χ2n) is 7.40. The number of nitrogens with one attached hydrogen (secondary N) is 3. The Labute approximate surface area is 199 Å². The summed E-state index contributed by atoms with van der Waals surface area (Å²) < 4.78 is 2.04. The Morgan fingerprint density at radius 1 is 1.10 bits per heavy atom. The molecular weight excluding hydrogens is 501 g/mol. The summed E-state index contributed by atoms with van der Waals surface area (Å²) in [5.41, 5.74) is 4.73. The van der Waals surface area contributed by atoms with Crippen molar-refractivity contribution in [1.82, 2.24) is 30.2 Å². The highest BCUT2D eigenvalue weighted by molar-refractivity contribution is 14.0. The quantitative estimate of drug-likeness (QED) is 0.140. The molecule has 0 aliphatic carbocycles. The first-order valence-corrected chi connectivity index (χ1v) is 10.6. The molecule has 0 saturated heterocycles. The molecule has 0 amide bonds. The van der Waals surface area contributed by atoms with Gasteiger partial charge in [-0.25, -0.2) is 0 Å². The van der Waals surface area contributed by atoms with Gasteiger partial charge in [0.05, 0.1) is 0 Å². The third-order valence-electron chi connectivity index (χ3n) is 5.25. The number of fused-ring (bicyclic) bond motifs is 2. The number of nitrogens with zero attached hydrogens (tertiary/aromatic N) is 4. The van der Waals surface area contributed by atoms with E-state index >= 15 is 0 Å². The van der Waals surface area contributed by atoms with Crippen molar-refractivity contribution >= 4 is 46.5 Å². The maximum absolute atomic E-state index is 4.72. The average Bonchev–Trinajstić information content (AvgIpc) is 3.36. The molecule has 8 heteroatoms. The van der Waals surface area contributed by atoms with Gasteiger partial charge in [0.15, 0.2) is 11.6 Å². The first-order valence-electron chi connectivity index (χ1n) is 10.6. The summed E-state index contributed by atoms with van der Waals surface area (Å²) >= 11 is 0. The second kappa shape index (κ2) is 11.1. The molecule has 31 heavy (non-hydrogen) atoms. The Hall–Kier alpha value is -2.62. The monoisotopic (exact) mass is 531 g/mol. The molecule has 1 aromatic carbocycles. The highest BCUT2D eigenvalue weighted by atomic mass is 127. The number of aromatic nitrogens is 4. The van der Waals surface area contributed by atoms with E-state index in [9.17, 15) is 0 Å². The number of hydrogen-bond acceptors (Lipinski definition) is 3. The van der Waals surface area contributed by atoms with Crippen LogP contribution in [0.2, 0.25) is 0 Å². The Morgan fingerprint density at radius 2 is 2.00 bits per heavy atom. The molecule has 0 saturated carbocycles. The number of hydrogen-bond donors (Lipinski definition) is 3. The fraction of sp³-hybridized carbons (Fsp3) is 0.348. The zero-order valence-electron chi connectivity index (χ0n) is 18.1. The Balaban J connectivity index is 0.00000272. The van der Waals surface area contributed by atoms with E-state index in [1.165, 1.54) is 22.0 Å². The fourth-order valence-corrected chi connectivity index (χ4v) is 3.72. The number of guanidine groups is 1. The zero-order chi connectivity index (χ0) is 20.8. The van der Waals surface area contributed by atoms with Gasteiger partial charge in [-0.2, -0.15) is 0 Å². The fourth-order valence-electron chi connectivity index (χ4n) is 3.72. The topological polar surface area (TPSA) is 82.4 Å². The van der Waals surface area contributed by atoms with E-state index in [0.29, 0.717) is 0 Å². The second-order valence-corrected chi connectivity index (χ2v) is 7.40. The first-order chi connectivity index (χ1) is 14.8. The van der Waals surface area contributed by atoms with Gasteiger partial charge in [0, 0.05) is 49.4 Å². The molecule has 0 aliphatic rings. The van der Waals surface area contributed by atoms with Crippen LogP contribution < -0.4 is 10.6 Å². The largest absolute Gasteiger partial charge is 0.361 e. The summed E-state index contributed by atoms with van der Waals surface area (Å²) in [4.78, 5) is 8.12. The third-order valence-corrected chi connectivity index (χ3v) is 5.25. The van der Waals surface area contributed by atoms with Gasteiger partial charge in [0.25, 0.3) is 0 Å². The van der Waals surface area contributed by atoms with Crippen molar-refractivity contribution in [3.05, 3.63) is 65.7 Å². The van der Waals surface area contributed by atoms with Gasteiger partial charge in [0.1, 0.15) is 5.82 Å². The lowest BCUT2D eigenvalue weighted by molar-refractivity contribution is 0.750. The standard InChI is InChI=1S/C23H29N7.HI/c1-3-24-23(25-13-7-11-21-29-28-20-10-4-5-15-30(20)21)26-14-12-18-16-27-22-17(2)8-6-9-19(18)22;/h4-6,8-10,15-16,27H,3,7,11-14H2,1-2H3,(H2,24,25,26);1H. The van der Waals surface area contributed by atoms with Crippen LogP contribution in [0, 0.1) is 6.92 Å². The minimum Gasteiger partial charge on any atom is -0.361 e. The summed E-state index contributed by atoms with van der Waals surface area (Å²) in [5, 5.41) is 16.6. The molecule has 0 radical (unpaired) electrons. The molecular formula is C23H30IN7. The molecule has 0 atom stereocenters. The molecule has 0 bridgehead atoms. The lowest BCUT2D eigenvalue weighted by Gasteiger charge is -2.11. The molecule has 3 heterocycles. The van der Waals surface area contributed by atoms with E-state index in [-0.39, 0.29) is 24.0 Å². The number of aliphatic imine (C=N–C) groups is 1. The number of pyridine rings is 1. The molecule has 3 aromatic heterocycles. The van der Waals surface area contributed by atoms with Crippen LogP contribution >= 0.6 is 24.0 Å². The molecule has 4 rings (SSSR count). The van der Waals surface area contributed by atoms with Gasteiger partial charge in [-0.15, -0.1) is 34.2 Å². The summed E-state index contributed by atoms with van der Waals surface area (Å²) in [6, 6.07) is 12.4. The number of benzene rings is 1.